The van der Waals surface area contributed by atoms with E-state index in [2.05, 4.69) is 20.4 Å². The van der Waals surface area contributed by atoms with Crippen LogP contribution in [0.2, 0.25) is 0 Å². The van der Waals surface area contributed by atoms with Gasteiger partial charge in [0.1, 0.15) is 11.5 Å². The van der Waals surface area contributed by atoms with Crippen molar-refractivity contribution in [2.24, 2.45) is 0 Å². The molecule has 3 aromatic heterocycles. The van der Waals surface area contributed by atoms with Gasteiger partial charge in [-0.2, -0.15) is 9.78 Å². The van der Waals surface area contributed by atoms with Gasteiger partial charge in [0.2, 0.25) is 11.9 Å². The van der Waals surface area contributed by atoms with E-state index in [1.807, 2.05) is 47.8 Å². The molecule has 0 aliphatic heterocycles. The fourth-order valence-corrected chi connectivity index (χ4v) is 3.73. The fraction of sp³-hybridized carbons (Fsp3) is 0.143. The summed E-state index contributed by atoms with van der Waals surface area (Å²) in [6.45, 7) is 0. The highest BCUT2D eigenvalue weighted by Gasteiger charge is 2.16. The predicted octanol–water partition coefficient (Wildman–Crippen LogP) is 4.31. The van der Waals surface area contributed by atoms with Crippen molar-refractivity contribution in [1.82, 2.24) is 19.7 Å². The Hall–Kier alpha value is -3.23. The minimum atomic E-state index is -0.313. The van der Waals surface area contributed by atoms with Crippen molar-refractivity contribution < 1.29 is 4.79 Å². The first kappa shape index (κ1) is 20.1. The van der Waals surface area contributed by atoms with Gasteiger partial charge in [-0.1, -0.05) is 36.4 Å². The quantitative estimate of drug-likeness (QED) is 0.420. The smallest absolute Gasteiger partial charge is 0.252 e. The number of anilines is 1. The van der Waals surface area contributed by atoms with Gasteiger partial charge in [-0.15, -0.1) is 22.9 Å². The maximum atomic E-state index is 12.3. The average Bonchev–Trinajstić information content (AvgIpc) is 3.42. The van der Waals surface area contributed by atoms with Crippen LogP contribution in [-0.2, 0) is 4.79 Å². The first-order chi connectivity index (χ1) is 14.6. The normalized spacial score (nSPS) is 10.8. The van der Waals surface area contributed by atoms with Crippen molar-refractivity contribution in [2.45, 2.75) is 12.8 Å². The van der Waals surface area contributed by atoms with Crippen molar-refractivity contribution in [2.75, 3.05) is 11.2 Å². The number of amides is 1. The summed E-state index contributed by atoms with van der Waals surface area (Å²) in [5.74, 6) is 0.862. The van der Waals surface area contributed by atoms with Gasteiger partial charge in [0, 0.05) is 30.0 Å². The summed E-state index contributed by atoms with van der Waals surface area (Å²) >= 11 is 7.23. The van der Waals surface area contributed by atoms with Crippen LogP contribution < -0.4 is 10.9 Å². The van der Waals surface area contributed by atoms with E-state index in [-0.39, 0.29) is 23.8 Å². The van der Waals surface area contributed by atoms with E-state index in [0.717, 1.165) is 10.4 Å². The summed E-state index contributed by atoms with van der Waals surface area (Å²) in [5, 5.41) is 9.38. The largest absolute Gasteiger partial charge is 0.310 e. The van der Waals surface area contributed by atoms with E-state index in [4.69, 9.17) is 11.6 Å². The van der Waals surface area contributed by atoms with Gasteiger partial charge in [0.25, 0.3) is 5.56 Å². The minimum Gasteiger partial charge on any atom is -0.310 e. The maximum Gasteiger partial charge on any atom is 0.252 e. The molecular formula is C21H18ClN5O2S. The highest BCUT2D eigenvalue weighted by Crippen LogP contribution is 2.27. The van der Waals surface area contributed by atoms with Gasteiger partial charge in [-0.05, 0) is 17.9 Å². The monoisotopic (exact) mass is 439 g/mol. The number of rotatable bonds is 7. The third-order valence-corrected chi connectivity index (χ3v) is 5.45. The zero-order valence-electron chi connectivity index (χ0n) is 15.8. The van der Waals surface area contributed by atoms with E-state index >= 15 is 0 Å². The second kappa shape index (κ2) is 9.06. The maximum absolute atomic E-state index is 12.3. The molecule has 0 unspecified atom stereocenters. The molecule has 4 rings (SSSR count). The van der Waals surface area contributed by atoms with Crippen LogP contribution in [0.15, 0.2) is 64.8 Å². The number of aromatic nitrogens is 4. The first-order valence-corrected chi connectivity index (χ1v) is 10.7. The topological polar surface area (TPSA) is 92.7 Å². The van der Waals surface area contributed by atoms with Crippen molar-refractivity contribution in [3.8, 4) is 27.8 Å². The standard InChI is InChI=1S/C21H18ClN5O2S/c22-10-4-9-19(28)24-18-12-16(17-8-5-11-30-17)26-27(18)21-23-15(13-20(29)25-21)14-6-2-1-3-7-14/h1-3,5-8,11-13H,4,9-10H2,(H,24,28)(H,23,25,29). The number of nitrogens with zero attached hydrogens (tertiary/aromatic N) is 3. The average molecular weight is 440 g/mol. The summed E-state index contributed by atoms with van der Waals surface area (Å²) in [6.07, 6.45) is 0.856. The van der Waals surface area contributed by atoms with E-state index in [1.165, 1.54) is 22.1 Å². The number of aromatic amines is 1. The molecule has 0 atom stereocenters. The lowest BCUT2D eigenvalue weighted by molar-refractivity contribution is -0.116. The van der Waals surface area contributed by atoms with Crippen molar-refractivity contribution in [3.05, 3.63) is 70.3 Å². The second-order valence-electron chi connectivity index (χ2n) is 6.46. The fourth-order valence-electron chi connectivity index (χ4n) is 2.91. The van der Waals surface area contributed by atoms with Crippen LogP contribution >= 0.6 is 22.9 Å². The Morgan fingerprint density at radius 1 is 1.13 bits per heavy atom. The SMILES string of the molecule is O=C(CCCCl)Nc1cc(-c2cccs2)nn1-c1nc(-c2ccccc2)cc(=O)[nH]1. The number of alkyl halides is 1. The van der Waals surface area contributed by atoms with Crippen LogP contribution in [0.25, 0.3) is 27.8 Å². The lowest BCUT2D eigenvalue weighted by Gasteiger charge is -2.09. The molecule has 1 amide bonds. The number of hydrogen-bond acceptors (Lipinski definition) is 5. The number of thiophene rings is 1. The highest BCUT2D eigenvalue weighted by atomic mass is 35.5. The Morgan fingerprint density at radius 3 is 2.70 bits per heavy atom. The van der Waals surface area contributed by atoms with Crippen LogP contribution in [0.4, 0.5) is 5.82 Å². The molecule has 0 spiro atoms. The third kappa shape index (κ3) is 4.50. The van der Waals surface area contributed by atoms with Crippen LogP contribution in [-0.4, -0.2) is 31.5 Å². The zero-order valence-corrected chi connectivity index (χ0v) is 17.4. The number of carbonyl (C=O) groups is 1. The van der Waals surface area contributed by atoms with E-state index < -0.39 is 0 Å². The molecule has 0 saturated heterocycles. The van der Waals surface area contributed by atoms with Crippen LogP contribution in [0, 0.1) is 0 Å². The Labute approximate surface area is 181 Å². The Kier molecular flexibility index (Phi) is 6.06. The van der Waals surface area contributed by atoms with Crippen molar-refractivity contribution in [1.29, 1.82) is 0 Å². The molecule has 9 heteroatoms. The Bertz CT molecular complexity index is 1200. The van der Waals surface area contributed by atoms with Gasteiger partial charge in [-0.25, -0.2) is 4.98 Å². The summed E-state index contributed by atoms with van der Waals surface area (Å²) in [6, 6.07) is 16.5. The molecule has 0 aliphatic rings. The molecule has 30 heavy (non-hydrogen) atoms. The number of halogens is 1. The number of benzene rings is 1. The number of nitrogens with one attached hydrogen (secondary N) is 2. The van der Waals surface area contributed by atoms with Crippen LogP contribution in [0.5, 0.6) is 0 Å². The third-order valence-electron chi connectivity index (χ3n) is 4.29. The number of carbonyl (C=O) groups excluding carboxylic acids is 1. The molecule has 4 aromatic rings. The molecule has 0 aliphatic carbocycles. The molecule has 0 bridgehead atoms. The second-order valence-corrected chi connectivity index (χ2v) is 7.79. The van der Waals surface area contributed by atoms with Gasteiger partial charge in [0.05, 0.1) is 10.6 Å². The first-order valence-electron chi connectivity index (χ1n) is 9.31. The molecule has 1 aromatic carbocycles. The molecular weight excluding hydrogens is 422 g/mol. The molecule has 0 saturated carbocycles. The van der Waals surface area contributed by atoms with Gasteiger partial charge < -0.3 is 5.32 Å². The molecule has 2 N–H and O–H groups in total. The van der Waals surface area contributed by atoms with E-state index in [9.17, 15) is 9.59 Å². The van der Waals surface area contributed by atoms with Crippen molar-refractivity contribution in [3.63, 3.8) is 0 Å². The Balaban J connectivity index is 1.78. The highest BCUT2D eigenvalue weighted by molar-refractivity contribution is 7.13. The molecule has 152 valence electrons. The molecule has 0 fully saturated rings. The van der Waals surface area contributed by atoms with E-state index in [1.54, 1.807) is 6.07 Å². The van der Waals surface area contributed by atoms with Crippen LogP contribution in [0.3, 0.4) is 0 Å². The van der Waals surface area contributed by atoms with Gasteiger partial charge in [-0.3, -0.25) is 14.6 Å². The van der Waals surface area contributed by atoms with Crippen molar-refractivity contribution >= 4 is 34.7 Å². The number of H-pyrrole nitrogens is 1. The van der Waals surface area contributed by atoms with E-state index in [0.29, 0.717) is 29.5 Å². The zero-order chi connectivity index (χ0) is 20.9. The minimum absolute atomic E-state index is 0.184. The lowest BCUT2D eigenvalue weighted by Crippen LogP contribution is -2.18. The summed E-state index contributed by atoms with van der Waals surface area (Å²) < 4.78 is 1.45. The lowest BCUT2D eigenvalue weighted by atomic mass is 10.1. The van der Waals surface area contributed by atoms with Gasteiger partial charge in [0.15, 0.2) is 0 Å². The van der Waals surface area contributed by atoms with Gasteiger partial charge >= 0.3 is 0 Å². The summed E-state index contributed by atoms with van der Waals surface area (Å²) in [4.78, 5) is 32.9. The molecule has 7 nitrogen and oxygen atoms in total. The number of hydrogen-bond donors (Lipinski definition) is 2. The Morgan fingerprint density at radius 2 is 1.97 bits per heavy atom. The molecule has 3 heterocycles. The molecule has 0 radical (unpaired) electrons. The summed E-state index contributed by atoms with van der Waals surface area (Å²) in [7, 11) is 0. The predicted molar refractivity (Wildman–Crippen MR) is 119 cm³/mol. The van der Waals surface area contributed by atoms with Crippen LogP contribution in [0.1, 0.15) is 12.8 Å². The summed E-state index contributed by atoms with van der Waals surface area (Å²) in [5.41, 5.74) is 1.68.